The monoisotopic (exact) mass is 267 g/mol. The highest BCUT2D eigenvalue weighted by molar-refractivity contribution is 8.00. The van der Waals surface area contributed by atoms with Gasteiger partial charge in [-0.25, -0.2) is 0 Å². The third kappa shape index (κ3) is 3.09. The van der Waals surface area contributed by atoms with Crippen LogP contribution in [0.25, 0.3) is 0 Å². The van der Waals surface area contributed by atoms with Crippen LogP contribution in [0.1, 0.15) is 45.6 Å². The fourth-order valence-electron chi connectivity index (χ4n) is 2.28. The summed E-state index contributed by atoms with van der Waals surface area (Å²) >= 11 is 2.02. The summed E-state index contributed by atoms with van der Waals surface area (Å²) in [5.41, 5.74) is 1.35. The van der Waals surface area contributed by atoms with Crippen LogP contribution in [0.3, 0.4) is 0 Å². The lowest BCUT2D eigenvalue weighted by Crippen LogP contribution is -2.43. The maximum absolute atomic E-state index is 4.43. The summed E-state index contributed by atoms with van der Waals surface area (Å²) in [7, 11) is 0. The molecule has 4 heteroatoms. The normalized spacial score (nSPS) is 18.7. The van der Waals surface area contributed by atoms with E-state index in [1.807, 2.05) is 22.6 Å². The van der Waals surface area contributed by atoms with Gasteiger partial charge in [0.2, 0.25) is 0 Å². The van der Waals surface area contributed by atoms with Crippen LogP contribution in [-0.2, 0) is 12.1 Å². The fraction of sp³-hybridized carbons (Fsp3) is 0.786. The Morgan fingerprint density at radius 2 is 2.17 bits per heavy atom. The number of hydrogen-bond donors (Lipinski definition) is 1. The molecule has 1 fully saturated rings. The van der Waals surface area contributed by atoms with Crippen molar-refractivity contribution >= 4 is 11.8 Å². The molecular formula is C14H25N3S. The smallest absolute Gasteiger partial charge is 0.0543 e. The molecule has 1 aliphatic carbocycles. The Hall–Kier alpha value is -0.480. The van der Waals surface area contributed by atoms with Crippen LogP contribution in [-0.4, -0.2) is 27.3 Å². The van der Waals surface area contributed by atoms with Crippen molar-refractivity contribution in [2.75, 3.05) is 12.8 Å². The van der Waals surface area contributed by atoms with Crippen molar-refractivity contribution in [2.45, 2.75) is 56.9 Å². The van der Waals surface area contributed by atoms with E-state index in [-0.39, 0.29) is 5.54 Å². The number of nitrogens with one attached hydrogen (secondary N) is 1. The minimum absolute atomic E-state index is 0.0761. The lowest BCUT2D eigenvalue weighted by atomic mass is 9.84. The van der Waals surface area contributed by atoms with Gasteiger partial charge in [-0.05, 0) is 39.9 Å². The van der Waals surface area contributed by atoms with E-state index in [1.165, 1.54) is 24.8 Å². The Kier molecular flexibility index (Phi) is 4.07. The van der Waals surface area contributed by atoms with E-state index in [9.17, 15) is 0 Å². The highest BCUT2D eigenvalue weighted by Crippen LogP contribution is 2.42. The molecule has 1 aromatic rings. The van der Waals surface area contributed by atoms with E-state index < -0.39 is 0 Å². The summed E-state index contributed by atoms with van der Waals surface area (Å²) in [5.74, 6) is 0. The summed E-state index contributed by atoms with van der Waals surface area (Å²) in [6, 6.07) is 0. The van der Waals surface area contributed by atoms with Crippen molar-refractivity contribution in [3.63, 3.8) is 0 Å². The molecule has 0 atom stereocenters. The second-order valence-electron chi connectivity index (χ2n) is 6.31. The Balaban J connectivity index is 1.82. The van der Waals surface area contributed by atoms with Crippen LogP contribution < -0.4 is 5.32 Å². The molecule has 0 unspecified atom stereocenters. The van der Waals surface area contributed by atoms with Crippen molar-refractivity contribution in [3.8, 4) is 0 Å². The van der Waals surface area contributed by atoms with E-state index >= 15 is 0 Å². The third-order valence-corrected chi connectivity index (χ3v) is 5.22. The molecule has 0 aromatic carbocycles. The van der Waals surface area contributed by atoms with Crippen LogP contribution in [0.4, 0.5) is 0 Å². The summed E-state index contributed by atoms with van der Waals surface area (Å²) in [4.78, 5) is 0. The highest BCUT2D eigenvalue weighted by Gasteiger charge is 2.35. The fourth-order valence-corrected chi connectivity index (χ4v) is 3.22. The minimum atomic E-state index is 0.0761. The highest BCUT2D eigenvalue weighted by atomic mass is 32.2. The molecule has 1 heterocycles. The molecule has 1 saturated carbocycles. The molecule has 18 heavy (non-hydrogen) atoms. The van der Waals surface area contributed by atoms with Crippen LogP contribution in [0, 0.1) is 0 Å². The van der Waals surface area contributed by atoms with E-state index in [0.29, 0.717) is 4.75 Å². The first-order valence-corrected chi connectivity index (χ1v) is 7.98. The molecule has 3 nitrogen and oxygen atoms in total. The number of nitrogens with zero attached hydrogens (tertiary/aromatic N) is 2. The van der Waals surface area contributed by atoms with E-state index in [0.717, 1.165) is 13.1 Å². The zero-order chi connectivity index (χ0) is 13.2. The van der Waals surface area contributed by atoms with Crippen molar-refractivity contribution in [1.29, 1.82) is 0 Å². The molecule has 1 aliphatic rings. The van der Waals surface area contributed by atoms with E-state index in [1.54, 1.807) is 0 Å². The van der Waals surface area contributed by atoms with Crippen molar-refractivity contribution in [2.24, 2.45) is 0 Å². The van der Waals surface area contributed by atoms with Gasteiger partial charge in [0, 0.05) is 29.6 Å². The third-order valence-electron chi connectivity index (χ3n) is 3.80. The predicted molar refractivity (Wildman–Crippen MR) is 79.0 cm³/mol. The number of aromatic nitrogens is 2. The number of rotatable bonds is 5. The van der Waals surface area contributed by atoms with Gasteiger partial charge in [-0.3, -0.25) is 4.68 Å². The molecule has 1 aromatic heterocycles. The van der Waals surface area contributed by atoms with E-state index in [2.05, 4.69) is 43.6 Å². The first-order valence-electron chi connectivity index (χ1n) is 6.75. The second-order valence-corrected chi connectivity index (χ2v) is 7.58. The molecule has 0 saturated heterocycles. The van der Waals surface area contributed by atoms with Crippen LogP contribution in [0.2, 0.25) is 0 Å². The average Bonchev–Trinajstić information content (AvgIpc) is 2.70. The van der Waals surface area contributed by atoms with Gasteiger partial charge in [0.1, 0.15) is 0 Å². The maximum Gasteiger partial charge on any atom is 0.0543 e. The standard InChI is InChI=1S/C14H25N3S/c1-13(2,3)17-10-12(9-16-17)8-15-11-14(18-4)6-5-7-14/h9-10,15H,5-8,11H2,1-4H3. The van der Waals surface area contributed by atoms with Crippen molar-refractivity contribution in [1.82, 2.24) is 15.1 Å². The Bertz CT molecular complexity index is 382. The van der Waals surface area contributed by atoms with E-state index in [4.69, 9.17) is 0 Å². The van der Waals surface area contributed by atoms with Crippen molar-refractivity contribution in [3.05, 3.63) is 18.0 Å². The maximum atomic E-state index is 4.43. The summed E-state index contributed by atoms with van der Waals surface area (Å²) in [6.45, 7) is 8.57. The average molecular weight is 267 g/mol. The van der Waals surface area contributed by atoms with Crippen molar-refractivity contribution < 1.29 is 0 Å². The molecule has 0 aliphatic heterocycles. The quantitative estimate of drug-likeness (QED) is 0.889. The Morgan fingerprint density at radius 3 is 2.61 bits per heavy atom. The van der Waals surface area contributed by atoms with Gasteiger partial charge in [0.25, 0.3) is 0 Å². The minimum Gasteiger partial charge on any atom is -0.311 e. The number of hydrogen-bond acceptors (Lipinski definition) is 3. The van der Waals surface area contributed by atoms with Gasteiger partial charge in [-0.2, -0.15) is 16.9 Å². The molecule has 2 rings (SSSR count). The Morgan fingerprint density at radius 1 is 1.44 bits per heavy atom. The van der Waals surface area contributed by atoms with Gasteiger partial charge in [-0.1, -0.05) is 6.42 Å². The topological polar surface area (TPSA) is 29.9 Å². The van der Waals surface area contributed by atoms with Gasteiger partial charge in [0.15, 0.2) is 0 Å². The lowest BCUT2D eigenvalue weighted by molar-refractivity contribution is 0.344. The predicted octanol–water partition coefficient (Wildman–Crippen LogP) is 3.01. The van der Waals surface area contributed by atoms with Crippen LogP contribution in [0.5, 0.6) is 0 Å². The van der Waals surface area contributed by atoms with Crippen LogP contribution in [0.15, 0.2) is 12.4 Å². The SMILES string of the molecule is CSC1(CNCc2cnn(C(C)(C)C)c2)CCC1. The summed E-state index contributed by atoms with van der Waals surface area (Å²) < 4.78 is 2.55. The molecule has 0 spiro atoms. The zero-order valence-electron chi connectivity index (χ0n) is 12.0. The van der Waals surface area contributed by atoms with Gasteiger partial charge in [-0.15, -0.1) is 0 Å². The van der Waals surface area contributed by atoms with Gasteiger partial charge in [0.05, 0.1) is 11.7 Å². The van der Waals surface area contributed by atoms with Gasteiger partial charge < -0.3 is 5.32 Å². The van der Waals surface area contributed by atoms with Gasteiger partial charge >= 0.3 is 0 Å². The molecule has 0 radical (unpaired) electrons. The summed E-state index contributed by atoms with van der Waals surface area (Å²) in [6.07, 6.45) is 10.5. The second kappa shape index (κ2) is 5.25. The molecular weight excluding hydrogens is 242 g/mol. The largest absolute Gasteiger partial charge is 0.311 e. The lowest BCUT2D eigenvalue weighted by Gasteiger charge is -2.40. The molecule has 0 amide bonds. The first kappa shape index (κ1) is 13.9. The molecule has 0 bridgehead atoms. The first-order chi connectivity index (χ1) is 8.45. The van der Waals surface area contributed by atoms with Crippen LogP contribution >= 0.6 is 11.8 Å². The molecule has 1 N–H and O–H groups in total. The molecule has 102 valence electrons. The Labute approximate surface area is 115 Å². The summed E-state index contributed by atoms with van der Waals surface area (Å²) in [5, 5.41) is 8.01. The zero-order valence-corrected chi connectivity index (χ0v) is 12.8. The number of thioether (sulfide) groups is 1.